The fourth-order valence-electron chi connectivity index (χ4n) is 2.09. The van der Waals surface area contributed by atoms with Crippen molar-refractivity contribution in [3.63, 3.8) is 0 Å². The maximum absolute atomic E-state index is 6.08. The lowest BCUT2D eigenvalue weighted by Gasteiger charge is -2.26. The standard InChI is InChI=1S/C12H16BrN.ClH/c1-2-8-3-4-9-10(7-8)11(13)5-6-12(9)14;/h3-4,7,11-12H,2,5-6,14H2,1H3;1H/t11-,12-;/m0./s1. The summed E-state index contributed by atoms with van der Waals surface area (Å²) in [5.41, 5.74) is 10.2. The van der Waals surface area contributed by atoms with Crippen molar-refractivity contribution < 1.29 is 0 Å². The minimum atomic E-state index is 0. The molecule has 0 amide bonds. The van der Waals surface area contributed by atoms with Gasteiger partial charge in [0.2, 0.25) is 0 Å². The van der Waals surface area contributed by atoms with E-state index in [1.807, 2.05) is 0 Å². The van der Waals surface area contributed by atoms with Gasteiger partial charge in [0.1, 0.15) is 0 Å². The van der Waals surface area contributed by atoms with Crippen LogP contribution in [-0.2, 0) is 6.42 Å². The molecular weight excluding hydrogens is 273 g/mol. The lowest BCUT2D eigenvalue weighted by molar-refractivity contribution is 0.567. The number of hydrogen-bond acceptors (Lipinski definition) is 1. The largest absolute Gasteiger partial charge is 0.324 e. The molecule has 2 rings (SSSR count). The molecule has 0 unspecified atom stereocenters. The molecule has 1 aromatic rings. The predicted molar refractivity (Wildman–Crippen MR) is 70.9 cm³/mol. The van der Waals surface area contributed by atoms with Crippen LogP contribution in [0.25, 0.3) is 0 Å². The Hall–Kier alpha value is -0.0500. The van der Waals surface area contributed by atoms with Crippen LogP contribution in [0, 0.1) is 0 Å². The Morgan fingerprint density at radius 3 is 2.73 bits per heavy atom. The molecule has 1 aromatic carbocycles. The summed E-state index contributed by atoms with van der Waals surface area (Å²) in [4.78, 5) is 0.504. The van der Waals surface area contributed by atoms with Gasteiger partial charge < -0.3 is 5.73 Å². The van der Waals surface area contributed by atoms with Crippen LogP contribution < -0.4 is 5.73 Å². The Morgan fingerprint density at radius 2 is 2.07 bits per heavy atom. The Labute approximate surface area is 106 Å². The highest BCUT2D eigenvalue weighted by Gasteiger charge is 2.22. The molecule has 0 spiro atoms. The molecule has 84 valence electrons. The smallest absolute Gasteiger partial charge is 0.0399 e. The van der Waals surface area contributed by atoms with Gasteiger partial charge in [0, 0.05) is 10.9 Å². The van der Waals surface area contributed by atoms with Gasteiger partial charge in [-0.15, -0.1) is 12.4 Å². The molecule has 0 bridgehead atoms. The summed E-state index contributed by atoms with van der Waals surface area (Å²) in [6, 6.07) is 6.94. The van der Waals surface area contributed by atoms with Gasteiger partial charge in [-0.25, -0.2) is 0 Å². The average molecular weight is 291 g/mol. The summed E-state index contributed by atoms with van der Waals surface area (Å²) in [5, 5.41) is 0. The quantitative estimate of drug-likeness (QED) is 0.780. The van der Waals surface area contributed by atoms with E-state index in [1.54, 1.807) is 0 Å². The van der Waals surface area contributed by atoms with Gasteiger partial charge in [-0.3, -0.25) is 0 Å². The van der Waals surface area contributed by atoms with E-state index in [2.05, 4.69) is 41.1 Å². The Balaban J connectivity index is 0.00000112. The number of benzene rings is 1. The van der Waals surface area contributed by atoms with Crippen LogP contribution in [0.5, 0.6) is 0 Å². The van der Waals surface area contributed by atoms with Crippen LogP contribution >= 0.6 is 28.3 Å². The van der Waals surface area contributed by atoms with Gasteiger partial charge in [-0.05, 0) is 36.0 Å². The third-order valence-corrected chi connectivity index (χ3v) is 3.98. The summed E-state index contributed by atoms with van der Waals surface area (Å²) >= 11 is 3.72. The first-order valence-electron chi connectivity index (χ1n) is 5.24. The van der Waals surface area contributed by atoms with E-state index in [9.17, 15) is 0 Å². The van der Waals surface area contributed by atoms with E-state index in [4.69, 9.17) is 5.73 Å². The van der Waals surface area contributed by atoms with Crippen molar-refractivity contribution in [2.75, 3.05) is 0 Å². The molecule has 1 nitrogen and oxygen atoms in total. The molecule has 1 aliphatic carbocycles. The highest BCUT2D eigenvalue weighted by Crippen LogP contribution is 2.40. The van der Waals surface area contributed by atoms with Crippen LogP contribution in [0.2, 0.25) is 0 Å². The van der Waals surface area contributed by atoms with Crippen molar-refractivity contribution in [1.82, 2.24) is 0 Å². The van der Waals surface area contributed by atoms with Crippen molar-refractivity contribution in [1.29, 1.82) is 0 Å². The molecule has 15 heavy (non-hydrogen) atoms. The molecule has 0 aromatic heterocycles. The second kappa shape index (κ2) is 5.33. The Morgan fingerprint density at radius 1 is 1.33 bits per heavy atom. The van der Waals surface area contributed by atoms with Crippen LogP contribution in [0.4, 0.5) is 0 Å². The maximum atomic E-state index is 6.08. The number of aryl methyl sites for hydroxylation is 1. The first kappa shape index (κ1) is 13.0. The highest BCUT2D eigenvalue weighted by molar-refractivity contribution is 9.09. The van der Waals surface area contributed by atoms with E-state index in [1.165, 1.54) is 16.7 Å². The molecule has 2 N–H and O–H groups in total. The fraction of sp³-hybridized carbons (Fsp3) is 0.500. The number of nitrogens with two attached hydrogens (primary N) is 1. The summed E-state index contributed by atoms with van der Waals surface area (Å²) < 4.78 is 0. The first-order chi connectivity index (χ1) is 6.72. The van der Waals surface area contributed by atoms with Crippen LogP contribution in [0.3, 0.4) is 0 Å². The lowest BCUT2D eigenvalue weighted by atomic mass is 9.87. The molecule has 1 aliphatic rings. The zero-order valence-corrected chi connectivity index (χ0v) is 11.3. The number of halogens is 2. The number of fused-ring (bicyclic) bond motifs is 1. The van der Waals surface area contributed by atoms with Crippen molar-refractivity contribution in [2.24, 2.45) is 5.73 Å². The normalized spacial score (nSPS) is 24.2. The van der Waals surface area contributed by atoms with E-state index < -0.39 is 0 Å². The zero-order chi connectivity index (χ0) is 10.1. The molecule has 0 radical (unpaired) electrons. The Bertz CT molecular complexity index is 340. The molecule has 0 saturated carbocycles. The minimum absolute atomic E-state index is 0. The van der Waals surface area contributed by atoms with Gasteiger partial charge in [-0.1, -0.05) is 41.1 Å². The second-order valence-corrected chi connectivity index (χ2v) is 5.07. The fourth-order valence-corrected chi connectivity index (χ4v) is 2.75. The van der Waals surface area contributed by atoms with Crippen molar-refractivity contribution >= 4 is 28.3 Å². The van der Waals surface area contributed by atoms with E-state index in [0.717, 1.165) is 19.3 Å². The first-order valence-corrected chi connectivity index (χ1v) is 6.16. The monoisotopic (exact) mass is 289 g/mol. The topological polar surface area (TPSA) is 26.0 Å². The van der Waals surface area contributed by atoms with Gasteiger partial charge in [-0.2, -0.15) is 0 Å². The Kier molecular flexibility index (Phi) is 4.63. The highest BCUT2D eigenvalue weighted by atomic mass is 79.9. The van der Waals surface area contributed by atoms with Crippen LogP contribution in [-0.4, -0.2) is 0 Å². The van der Waals surface area contributed by atoms with Crippen LogP contribution in [0.15, 0.2) is 18.2 Å². The van der Waals surface area contributed by atoms with E-state index in [-0.39, 0.29) is 18.4 Å². The summed E-state index contributed by atoms with van der Waals surface area (Å²) in [7, 11) is 0. The molecule has 0 heterocycles. The molecule has 0 fully saturated rings. The van der Waals surface area contributed by atoms with Crippen molar-refractivity contribution in [3.8, 4) is 0 Å². The van der Waals surface area contributed by atoms with Gasteiger partial charge in [0.25, 0.3) is 0 Å². The SMILES string of the molecule is CCc1ccc2c(c1)[C@@H](Br)CC[C@@H]2N.Cl. The molecule has 0 saturated heterocycles. The average Bonchev–Trinajstić information content (AvgIpc) is 2.23. The number of rotatable bonds is 1. The van der Waals surface area contributed by atoms with E-state index >= 15 is 0 Å². The molecule has 3 heteroatoms. The lowest BCUT2D eigenvalue weighted by Crippen LogP contribution is -2.18. The summed E-state index contributed by atoms with van der Waals surface area (Å²) in [6.45, 7) is 2.19. The van der Waals surface area contributed by atoms with Gasteiger partial charge >= 0.3 is 0 Å². The number of alkyl halides is 1. The van der Waals surface area contributed by atoms with E-state index in [0.29, 0.717) is 4.83 Å². The predicted octanol–water partition coefficient (Wildman–Crippen LogP) is 3.90. The molecule has 2 atom stereocenters. The second-order valence-electron chi connectivity index (χ2n) is 3.97. The maximum Gasteiger partial charge on any atom is 0.0399 e. The van der Waals surface area contributed by atoms with Crippen molar-refractivity contribution in [2.45, 2.75) is 37.1 Å². The molecule has 0 aliphatic heterocycles. The van der Waals surface area contributed by atoms with Gasteiger partial charge in [0.15, 0.2) is 0 Å². The zero-order valence-electron chi connectivity index (χ0n) is 8.87. The molecular formula is C12H17BrClN. The van der Waals surface area contributed by atoms with Gasteiger partial charge in [0.05, 0.1) is 0 Å². The van der Waals surface area contributed by atoms with Crippen LogP contribution in [0.1, 0.15) is 47.3 Å². The third kappa shape index (κ3) is 2.55. The minimum Gasteiger partial charge on any atom is -0.324 e. The summed E-state index contributed by atoms with van der Waals surface area (Å²) in [5.74, 6) is 0. The number of hydrogen-bond donors (Lipinski definition) is 1. The summed E-state index contributed by atoms with van der Waals surface area (Å²) in [6.07, 6.45) is 3.35. The third-order valence-electron chi connectivity index (χ3n) is 3.03. The van der Waals surface area contributed by atoms with Crippen molar-refractivity contribution in [3.05, 3.63) is 34.9 Å².